The van der Waals surface area contributed by atoms with Crippen LogP contribution in [-0.2, 0) is 20.4 Å². The second kappa shape index (κ2) is 12.3. The monoisotopic (exact) mass is 619 g/mol. The van der Waals surface area contributed by atoms with E-state index in [1.165, 1.54) is 30.6 Å². The molecule has 1 aromatic carbocycles. The molecule has 1 amide bonds. The zero-order chi connectivity index (χ0) is 29.4. The Kier molecular flexibility index (Phi) is 9.28. The van der Waals surface area contributed by atoms with E-state index in [1.807, 2.05) is 23.2 Å². The van der Waals surface area contributed by atoms with Crippen LogP contribution in [0.25, 0.3) is 0 Å². The zero-order valence-electron chi connectivity index (χ0n) is 25.1. The maximum atomic E-state index is 13.7. The van der Waals surface area contributed by atoms with Gasteiger partial charge in [0, 0.05) is 42.0 Å². The van der Waals surface area contributed by atoms with Crippen LogP contribution in [0, 0.1) is 19.3 Å². The third-order valence-corrected chi connectivity index (χ3v) is 14.0. The lowest BCUT2D eigenvalue weighted by Gasteiger charge is -2.52. The maximum absolute atomic E-state index is 13.7. The molecule has 2 saturated heterocycles. The summed E-state index contributed by atoms with van der Waals surface area (Å²) in [6.45, 7) is 5.80. The number of benzene rings is 1. The number of rotatable bonds is 7. The molecule has 226 valence electrons. The minimum Gasteiger partial charge on any atom is -0.343 e. The van der Waals surface area contributed by atoms with E-state index in [-0.39, 0.29) is 17.5 Å². The van der Waals surface area contributed by atoms with Crippen molar-refractivity contribution in [1.29, 1.82) is 0 Å². The summed E-state index contributed by atoms with van der Waals surface area (Å²) >= 11 is 8.12. The van der Waals surface area contributed by atoms with E-state index in [2.05, 4.69) is 36.5 Å². The van der Waals surface area contributed by atoms with E-state index in [1.54, 1.807) is 23.4 Å². The molecule has 0 radical (unpaired) electrons. The van der Waals surface area contributed by atoms with Crippen LogP contribution in [0.2, 0.25) is 5.02 Å². The summed E-state index contributed by atoms with van der Waals surface area (Å²) in [5, 5.41) is 2.77. The van der Waals surface area contributed by atoms with Gasteiger partial charge in [0.15, 0.2) is 0 Å². The van der Waals surface area contributed by atoms with Gasteiger partial charge in [-0.15, -0.1) is 11.3 Å². The van der Waals surface area contributed by atoms with E-state index >= 15 is 0 Å². The summed E-state index contributed by atoms with van der Waals surface area (Å²) < 4.78 is 29.2. The molecule has 2 aromatic rings. The zero-order valence-corrected chi connectivity index (χ0v) is 27.5. The SMILES string of the molecule is Cc1cc(S(=O)(=O)N2CCCCC2CCC(=O)N2CCC3(CC2)CCC(c2cccs2)(N(C)C)CC3)c(C)cc1Cl. The molecule has 0 bridgehead atoms. The van der Waals surface area contributed by atoms with Gasteiger partial charge in [-0.25, -0.2) is 8.42 Å². The van der Waals surface area contributed by atoms with Crippen LogP contribution in [0.5, 0.6) is 0 Å². The molecule has 41 heavy (non-hydrogen) atoms. The van der Waals surface area contributed by atoms with Crippen LogP contribution in [0.1, 0.15) is 86.6 Å². The van der Waals surface area contributed by atoms with Gasteiger partial charge in [0.1, 0.15) is 0 Å². The molecule has 1 aliphatic carbocycles. The molecule has 9 heteroatoms. The quantitative estimate of drug-likeness (QED) is 0.335. The maximum Gasteiger partial charge on any atom is 0.243 e. The molecular weight excluding hydrogens is 574 g/mol. The Morgan fingerprint density at radius 2 is 1.73 bits per heavy atom. The summed E-state index contributed by atoms with van der Waals surface area (Å²) in [7, 11) is 0.778. The summed E-state index contributed by atoms with van der Waals surface area (Å²) in [5.41, 5.74) is 1.92. The van der Waals surface area contributed by atoms with E-state index in [9.17, 15) is 13.2 Å². The van der Waals surface area contributed by atoms with Crippen molar-refractivity contribution in [2.24, 2.45) is 5.41 Å². The lowest BCUT2D eigenvalue weighted by molar-refractivity contribution is -0.134. The van der Waals surface area contributed by atoms with E-state index < -0.39 is 10.0 Å². The average Bonchev–Trinajstić information content (AvgIpc) is 3.50. The van der Waals surface area contributed by atoms with Crippen molar-refractivity contribution in [1.82, 2.24) is 14.1 Å². The van der Waals surface area contributed by atoms with Crippen LogP contribution >= 0.6 is 22.9 Å². The first kappa shape index (κ1) is 31.0. The van der Waals surface area contributed by atoms with Gasteiger partial charge in [0.2, 0.25) is 15.9 Å². The highest BCUT2D eigenvalue weighted by Gasteiger charge is 2.47. The van der Waals surface area contributed by atoms with Crippen molar-refractivity contribution in [3.05, 3.63) is 50.7 Å². The molecular formula is C32H46ClN3O3S2. The van der Waals surface area contributed by atoms with E-state index in [0.717, 1.165) is 50.8 Å². The van der Waals surface area contributed by atoms with Gasteiger partial charge in [0.05, 0.1) is 10.4 Å². The van der Waals surface area contributed by atoms with Gasteiger partial charge in [-0.2, -0.15) is 4.31 Å². The van der Waals surface area contributed by atoms with Crippen molar-refractivity contribution in [3.63, 3.8) is 0 Å². The molecule has 3 fully saturated rings. The molecule has 6 nitrogen and oxygen atoms in total. The molecule has 1 aromatic heterocycles. The molecule has 3 heterocycles. The standard InChI is InChI=1S/C32H46ClN3O3S2/c1-24-23-28(25(2)22-27(24)33)41(38,39)36-18-6-5-8-26(36)10-11-30(37)35-19-16-31(17-20-35)12-14-32(15-13-31,34(3)4)29-9-7-21-40-29/h7,9,21-23,26H,5-6,8,10-20H2,1-4H3. The first-order valence-corrected chi connectivity index (χ1v) is 18.0. The van der Waals surface area contributed by atoms with E-state index in [0.29, 0.717) is 40.3 Å². The van der Waals surface area contributed by atoms with E-state index in [4.69, 9.17) is 11.6 Å². The minimum absolute atomic E-state index is 0.140. The number of halogens is 1. The van der Waals surface area contributed by atoms with Crippen LogP contribution in [0.15, 0.2) is 34.5 Å². The normalized spacial score (nSPS) is 23.3. The van der Waals surface area contributed by atoms with Gasteiger partial charge in [0.25, 0.3) is 0 Å². The molecule has 2 aliphatic heterocycles. The molecule has 1 spiro atoms. The van der Waals surface area contributed by atoms with Crippen molar-refractivity contribution in [3.8, 4) is 0 Å². The highest BCUT2D eigenvalue weighted by atomic mass is 35.5. The number of likely N-dealkylation sites (tertiary alicyclic amines) is 1. The highest BCUT2D eigenvalue weighted by Crippen LogP contribution is 2.53. The van der Waals surface area contributed by atoms with Gasteiger partial charge in [-0.05, 0) is 126 Å². The molecule has 1 unspecified atom stereocenters. The summed E-state index contributed by atoms with van der Waals surface area (Å²) in [6, 6.07) is 7.76. The Bertz CT molecular complexity index is 1320. The first-order chi connectivity index (χ1) is 19.5. The predicted octanol–water partition coefficient (Wildman–Crippen LogP) is 6.98. The largest absolute Gasteiger partial charge is 0.343 e. The van der Waals surface area contributed by atoms with Crippen molar-refractivity contribution < 1.29 is 13.2 Å². The number of aryl methyl sites for hydroxylation is 2. The fourth-order valence-electron chi connectivity index (χ4n) is 7.57. The van der Waals surface area contributed by atoms with Gasteiger partial charge < -0.3 is 4.90 Å². The number of hydrogen-bond donors (Lipinski definition) is 0. The summed E-state index contributed by atoms with van der Waals surface area (Å²) in [6.07, 6.45) is 10.6. The fourth-order valence-corrected chi connectivity index (χ4v) is 10.9. The molecule has 3 aliphatic rings. The smallest absolute Gasteiger partial charge is 0.243 e. The second-order valence-corrected chi connectivity index (χ2v) is 16.2. The second-order valence-electron chi connectivity index (χ2n) is 13.0. The molecule has 0 N–H and O–H groups in total. The molecule has 5 rings (SSSR count). The predicted molar refractivity (Wildman–Crippen MR) is 168 cm³/mol. The lowest BCUT2D eigenvalue weighted by atomic mass is 9.62. The molecule has 1 saturated carbocycles. The summed E-state index contributed by atoms with van der Waals surface area (Å²) in [4.78, 5) is 19.6. The van der Waals surface area contributed by atoms with Crippen LogP contribution in [0.4, 0.5) is 0 Å². The minimum atomic E-state index is -3.66. The first-order valence-electron chi connectivity index (χ1n) is 15.3. The molecule has 1 atom stereocenters. The Balaban J connectivity index is 1.17. The van der Waals surface area contributed by atoms with Gasteiger partial charge in [-0.3, -0.25) is 9.69 Å². The third-order valence-electron chi connectivity index (χ3n) is 10.5. The number of amides is 1. The number of thiophene rings is 1. The number of sulfonamides is 1. The third kappa shape index (κ3) is 6.14. The Hall–Kier alpha value is -1.45. The Morgan fingerprint density at radius 3 is 2.37 bits per heavy atom. The van der Waals surface area contributed by atoms with Gasteiger partial charge >= 0.3 is 0 Å². The number of nitrogens with zero attached hydrogens (tertiary/aromatic N) is 3. The van der Waals surface area contributed by atoms with Crippen LogP contribution in [-0.4, -0.2) is 68.2 Å². The number of carbonyl (C=O) groups is 1. The van der Waals surface area contributed by atoms with Crippen LogP contribution < -0.4 is 0 Å². The number of piperidine rings is 2. The summed E-state index contributed by atoms with van der Waals surface area (Å²) in [5.74, 6) is 0.179. The van der Waals surface area contributed by atoms with Crippen molar-refractivity contribution >= 4 is 38.9 Å². The Morgan fingerprint density at radius 1 is 1.02 bits per heavy atom. The topological polar surface area (TPSA) is 60.9 Å². The van der Waals surface area contributed by atoms with Crippen molar-refractivity contribution in [2.45, 2.75) is 101 Å². The lowest BCUT2D eigenvalue weighted by Crippen LogP contribution is -2.50. The van der Waals surface area contributed by atoms with Crippen molar-refractivity contribution in [2.75, 3.05) is 33.7 Å². The Labute approximate surface area is 256 Å². The fraction of sp³-hybridized carbons (Fsp3) is 0.656. The number of hydrogen-bond acceptors (Lipinski definition) is 5. The van der Waals surface area contributed by atoms with Crippen LogP contribution in [0.3, 0.4) is 0 Å². The average molecular weight is 620 g/mol. The highest BCUT2D eigenvalue weighted by molar-refractivity contribution is 7.89. The van der Waals surface area contributed by atoms with Gasteiger partial charge in [-0.1, -0.05) is 24.1 Å². The number of carbonyl (C=O) groups excluding carboxylic acids is 1.